The number of nitrogens with zero attached hydrogens (tertiary/aromatic N) is 3. The molecular weight excluding hydrogens is 366 g/mol. The van der Waals surface area contributed by atoms with Crippen molar-refractivity contribution in [1.82, 2.24) is 14.9 Å². The van der Waals surface area contributed by atoms with Crippen molar-refractivity contribution in [2.24, 2.45) is 5.73 Å². The van der Waals surface area contributed by atoms with Gasteiger partial charge in [0, 0.05) is 24.5 Å². The number of aromatic nitrogens is 2. The first kappa shape index (κ1) is 20.8. The largest absolute Gasteiger partial charge is 0.507 e. The molecule has 0 aliphatic rings. The third-order valence-electron chi connectivity index (χ3n) is 4.68. The number of ether oxygens (including phenoxy) is 1. The number of nitrogens with one attached hydrogen (secondary N) is 1. The average Bonchev–Trinajstić information content (AvgIpc) is 2.72. The molecule has 2 aromatic carbocycles. The van der Waals surface area contributed by atoms with E-state index >= 15 is 0 Å². The fraction of sp³-hybridized carbons (Fsp3) is 0.364. The molecule has 0 fully saturated rings. The minimum atomic E-state index is 0.0361. The van der Waals surface area contributed by atoms with Gasteiger partial charge in [-0.25, -0.2) is 9.97 Å². The first-order valence-electron chi connectivity index (χ1n) is 9.85. The number of aromatic hydroxyl groups is 1. The number of likely N-dealkylation sites (N-methyl/N-ethyl adjacent to an activating group) is 1. The van der Waals surface area contributed by atoms with Crippen LogP contribution in [0, 0.1) is 0 Å². The number of phenols is 1. The van der Waals surface area contributed by atoms with Crippen LogP contribution >= 0.6 is 0 Å². The van der Waals surface area contributed by atoms with Crippen molar-refractivity contribution in [3.8, 4) is 22.9 Å². The summed E-state index contributed by atoms with van der Waals surface area (Å²) < 4.78 is 5.80. The monoisotopic (exact) mass is 395 g/mol. The van der Waals surface area contributed by atoms with Crippen LogP contribution in [-0.4, -0.2) is 59.8 Å². The second-order valence-corrected chi connectivity index (χ2v) is 7.29. The third kappa shape index (κ3) is 5.34. The van der Waals surface area contributed by atoms with Crippen LogP contribution in [0.2, 0.25) is 0 Å². The van der Waals surface area contributed by atoms with Crippen molar-refractivity contribution in [3.63, 3.8) is 0 Å². The molecule has 0 bridgehead atoms. The molecule has 0 saturated carbocycles. The van der Waals surface area contributed by atoms with Gasteiger partial charge in [0.05, 0.1) is 11.1 Å². The summed E-state index contributed by atoms with van der Waals surface area (Å²) in [6.45, 7) is 4.01. The van der Waals surface area contributed by atoms with E-state index in [2.05, 4.69) is 22.2 Å². The summed E-state index contributed by atoms with van der Waals surface area (Å²) in [4.78, 5) is 11.4. The molecule has 0 unspecified atom stereocenters. The van der Waals surface area contributed by atoms with Crippen LogP contribution in [0.5, 0.6) is 11.5 Å². The molecule has 3 rings (SSSR count). The highest BCUT2D eigenvalue weighted by Gasteiger charge is 2.14. The highest BCUT2D eigenvalue weighted by molar-refractivity contribution is 5.91. The molecule has 0 aliphatic carbocycles. The van der Waals surface area contributed by atoms with Gasteiger partial charge in [-0.05, 0) is 50.8 Å². The lowest BCUT2D eigenvalue weighted by Crippen LogP contribution is -2.28. The van der Waals surface area contributed by atoms with E-state index in [1.54, 1.807) is 18.2 Å². The number of nitrogens with two attached hydrogens (primary N) is 1. The molecule has 7 heteroatoms. The van der Waals surface area contributed by atoms with E-state index in [-0.39, 0.29) is 11.8 Å². The summed E-state index contributed by atoms with van der Waals surface area (Å²) in [6, 6.07) is 13.0. The van der Waals surface area contributed by atoms with Crippen LogP contribution in [-0.2, 0) is 0 Å². The van der Waals surface area contributed by atoms with Crippen molar-refractivity contribution in [1.29, 1.82) is 0 Å². The van der Waals surface area contributed by atoms with E-state index in [0.29, 0.717) is 36.1 Å². The Kier molecular flexibility index (Phi) is 6.85. The van der Waals surface area contributed by atoms with Gasteiger partial charge < -0.3 is 25.8 Å². The van der Waals surface area contributed by atoms with Gasteiger partial charge in [0.2, 0.25) is 0 Å². The summed E-state index contributed by atoms with van der Waals surface area (Å²) in [5, 5.41) is 14.7. The predicted molar refractivity (Wildman–Crippen MR) is 117 cm³/mol. The fourth-order valence-electron chi connectivity index (χ4n) is 2.83. The van der Waals surface area contributed by atoms with Crippen molar-refractivity contribution in [2.45, 2.75) is 19.4 Å². The lowest BCUT2D eigenvalue weighted by molar-refractivity contribution is 0.261. The number of benzene rings is 2. The lowest BCUT2D eigenvalue weighted by Gasteiger charge is -2.15. The van der Waals surface area contributed by atoms with Gasteiger partial charge in [0.15, 0.2) is 5.82 Å². The summed E-state index contributed by atoms with van der Waals surface area (Å²) in [5.74, 6) is 1.91. The Balaban J connectivity index is 1.96. The zero-order chi connectivity index (χ0) is 20.8. The summed E-state index contributed by atoms with van der Waals surface area (Å²) in [7, 11) is 3.99. The molecule has 29 heavy (non-hydrogen) atoms. The molecule has 0 amide bonds. The second kappa shape index (κ2) is 9.54. The van der Waals surface area contributed by atoms with Gasteiger partial charge in [-0.3, -0.25) is 0 Å². The van der Waals surface area contributed by atoms with Crippen LogP contribution < -0.4 is 15.8 Å². The molecule has 0 spiro atoms. The molecule has 1 atom stereocenters. The Bertz CT molecular complexity index is 961. The summed E-state index contributed by atoms with van der Waals surface area (Å²) >= 11 is 0. The molecule has 154 valence electrons. The molecule has 0 radical (unpaired) electrons. The fourth-order valence-corrected chi connectivity index (χ4v) is 2.83. The van der Waals surface area contributed by atoms with Gasteiger partial charge in [-0.1, -0.05) is 19.1 Å². The van der Waals surface area contributed by atoms with Crippen LogP contribution in [0.1, 0.15) is 13.3 Å². The molecule has 4 N–H and O–H groups in total. The Morgan fingerprint density at radius 3 is 2.72 bits per heavy atom. The number of para-hydroxylation sites is 1. The zero-order valence-electron chi connectivity index (χ0n) is 17.2. The maximum atomic E-state index is 10.4. The first-order valence-corrected chi connectivity index (χ1v) is 9.85. The Morgan fingerprint density at radius 1 is 1.17 bits per heavy atom. The maximum absolute atomic E-state index is 10.4. The standard InChI is InChI=1S/C22H29N5O2/c1-4-15(23)14-24-21-17-7-5-6-8-19(17)25-22(26-21)18-13-16(9-10-20(18)28)29-12-11-27(2)3/h5-10,13,15,28H,4,11-12,14,23H2,1-3H3,(H,24,25,26)/t15-/m0/s1. The predicted octanol–water partition coefficient (Wildman–Crippen LogP) is 3.09. The van der Waals surface area contributed by atoms with Gasteiger partial charge in [0.1, 0.15) is 23.9 Å². The number of phenolic OH excluding ortho intramolecular Hbond substituents is 1. The molecule has 1 aromatic heterocycles. The van der Waals surface area contributed by atoms with Crippen LogP contribution in [0.4, 0.5) is 5.82 Å². The third-order valence-corrected chi connectivity index (χ3v) is 4.68. The maximum Gasteiger partial charge on any atom is 0.166 e. The van der Waals surface area contributed by atoms with Gasteiger partial charge in [-0.2, -0.15) is 0 Å². The smallest absolute Gasteiger partial charge is 0.166 e. The number of hydrogen-bond donors (Lipinski definition) is 3. The topological polar surface area (TPSA) is 96.5 Å². The van der Waals surface area contributed by atoms with E-state index < -0.39 is 0 Å². The minimum absolute atomic E-state index is 0.0361. The van der Waals surface area contributed by atoms with E-state index in [4.69, 9.17) is 10.5 Å². The quantitative estimate of drug-likeness (QED) is 0.512. The van der Waals surface area contributed by atoms with Crippen LogP contribution in [0.3, 0.4) is 0 Å². The Labute approximate surface area is 171 Å². The molecular formula is C22H29N5O2. The number of hydrogen-bond acceptors (Lipinski definition) is 7. The molecule has 7 nitrogen and oxygen atoms in total. The minimum Gasteiger partial charge on any atom is -0.507 e. The highest BCUT2D eigenvalue weighted by Crippen LogP contribution is 2.33. The Hall–Kier alpha value is -2.90. The normalized spacial score (nSPS) is 12.3. The van der Waals surface area contributed by atoms with Crippen molar-refractivity contribution >= 4 is 16.7 Å². The van der Waals surface area contributed by atoms with Crippen LogP contribution in [0.25, 0.3) is 22.3 Å². The van der Waals surface area contributed by atoms with E-state index in [1.165, 1.54) is 0 Å². The van der Waals surface area contributed by atoms with Gasteiger partial charge in [0.25, 0.3) is 0 Å². The zero-order valence-corrected chi connectivity index (χ0v) is 17.2. The summed E-state index contributed by atoms with van der Waals surface area (Å²) in [5.41, 5.74) is 7.38. The van der Waals surface area contributed by atoms with Crippen molar-refractivity contribution < 1.29 is 9.84 Å². The van der Waals surface area contributed by atoms with E-state index in [1.807, 2.05) is 43.3 Å². The van der Waals surface area contributed by atoms with Crippen molar-refractivity contribution in [2.75, 3.05) is 39.1 Å². The molecule has 1 heterocycles. The molecule has 0 aliphatic heterocycles. The number of anilines is 1. The average molecular weight is 396 g/mol. The SMILES string of the molecule is CC[C@H](N)CNc1nc(-c2cc(OCCN(C)C)ccc2O)nc2ccccc12. The van der Waals surface area contributed by atoms with Gasteiger partial charge in [-0.15, -0.1) is 0 Å². The molecule has 0 saturated heterocycles. The van der Waals surface area contributed by atoms with Gasteiger partial charge >= 0.3 is 0 Å². The lowest BCUT2D eigenvalue weighted by atomic mass is 10.1. The summed E-state index contributed by atoms with van der Waals surface area (Å²) in [6.07, 6.45) is 0.871. The molecule has 3 aromatic rings. The van der Waals surface area contributed by atoms with Crippen molar-refractivity contribution in [3.05, 3.63) is 42.5 Å². The Morgan fingerprint density at radius 2 is 1.97 bits per heavy atom. The first-order chi connectivity index (χ1) is 14.0. The number of rotatable bonds is 9. The van der Waals surface area contributed by atoms with E-state index in [9.17, 15) is 5.11 Å². The van der Waals surface area contributed by atoms with E-state index in [0.717, 1.165) is 23.9 Å². The number of fused-ring (bicyclic) bond motifs is 1. The highest BCUT2D eigenvalue weighted by atomic mass is 16.5. The second-order valence-electron chi connectivity index (χ2n) is 7.29. The van der Waals surface area contributed by atoms with Crippen LogP contribution in [0.15, 0.2) is 42.5 Å².